The van der Waals surface area contributed by atoms with Crippen LogP contribution in [-0.2, 0) is 10.2 Å². The highest BCUT2D eigenvalue weighted by atomic mass is 19.1. The highest BCUT2D eigenvalue weighted by Gasteiger charge is 2.26. The van der Waals surface area contributed by atoms with Gasteiger partial charge in [-0.25, -0.2) is 14.2 Å². The second kappa shape index (κ2) is 9.31. The van der Waals surface area contributed by atoms with Crippen molar-refractivity contribution < 1.29 is 18.7 Å². The van der Waals surface area contributed by atoms with Gasteiger partial charge in [0.05, 0.1) is 12.2 Å². The zero-order valence-corrected chi connectivity index (χ0v) is 16.1. The van der Waals surface area contributed by atoms with Crippen molar-refractivity contribution >= 4 is 5.97 Å². The van der Waals surface area contributed by atoms with E-state index in [4.69, 9.17) is 9.47 Å². The Morgan fingerprint density at radius 3 is 2.41 bits per heavy atom. The van der Waals surface area contributed by atoms with Gasteiger partial charge in [0.15, 0.2) is 5.82 Å². The van der Waals surface area contributed by atoms with Crippen LogP contribution in [0.2, 0.25) is 0 Å². The molecule has 0 amide bonds. The molecule has 0 N–H and O–H groups in total. The van der Waals surface area contributed by atoms with Gasteiger partial charge >= 0.3 is 5.97 Å². The third-order valence-electron chi connectivity index (χ3n) is 4.89. The van der Waals surface area contributed by atoms with E-state index in [9.17, 15) is 9.18 Å². The van der Waals surface area contributed by atoms with E-state index in [1.165, 1.54) is 11.8 Å². The number of benzene rings is 1. The molecule has 1 aromatic carbocycles. The SMILES string of the molecule is C=CCC(CC)(CC)c1ccc(Oc2ncc(C(=O)OCC)cc2F)cc1. The summed E-state index contributed by atoms with van der Waals surface area (Å²) in [4.78, 5) is 15.5. The molecule has 0 saturated heterocycles. The van der Waals surface area contributed by atoms with Gasteiger partial charge in [0.2, 0.25) is 0 Å². The number of carbonyl (C=O) groups is 1. The lowest BCUT2D eigenvalue weighted by Crippen LogP contribution is -2.23. The van der Waals surface area contributed by atoms with Crippen molar-refractivity contribution in [3.63, 3.8) is 0 Å². The lowest BCUT2D eigenvalue weighted by atomic mass is 9.73. The molecule has 0 aliphatic heterocycles. The summed E-state index contributed by atoms with van der Waals surface area (Å²) in [5.41, 5.74) is 1.30. The van der Waals surface area contributed by atoms with Crippen LogP contribution in [0.4, 0.5) is 4.39 Å². The minimum atomic E-state index is -0.715. The minimum absolute atomic E-state index is 0.0467. The van der Waals surface area contributed by atoms with E-state index >= 15 is 0 Å². The Kier molecular flexibility index (Phi) is 7.11. The summed E-state index contributed by atoms with van der Waals surface area (Å²) in [6.07, 6.45) is 6.09. The van der Waals surface area contributed by atoms with Gasteiger partial charge < -0.3 is 9.47 Å². The lowest BCUT2D eigenvalue weighted by Gasteiger charge is -2.31. The lowest BCUT2D eigenvalue weighted by molar-refractivity contribution is 0.0525. The number of carbonyl (C=O) groups excluding carboxylic acids is 1. The average molecular weight is 371 g/mol. The van der Waals surface area contributed by atoms with Crippen molar-refractivity contribution in [3.05, 3.63) is 66.1 Å². The van der Waals surface area contributed by atoms with Crippen LogP contribution in [0.5, 0.6) is 11.6 Å². The number of aromatic nitrogens is 1. The first kappa shape index (κ1) is 20.6. The number of nitrogens with zero attached hydrogens (tertiary/aromatic N) is 1. The minimum Gasteiger partial charge on any atom is -0.462 e. The van der Waals surface area contributed by atoms with E-state index in [0.717, 1.165) is 25.3 Å². The van der Waals surface area contributed by atoms with Gasteiger partial charge in [-0.05, 0) is 55.4 Å². The van der Waals surface area contributed by atoms with Gasteiger partial charge in [0.1, 0.15) is 5.75 Å². The Labute approximate surface area is 160 Å². The Morgan fingerprint density at radius 1 is 1.22 bits per heavy atom. The number of allylic oxidation sites excluding steroid dienone is 1. The first-order valence-electron chi connectivity index (χ1n) is 9.21. The fourth-order valence-electron chi connectivity index (χ4n) is 3.16. The van der Waals surface area contributed by atoms with Crippen LogP contribution >= 0.6 is 0 Å². The van der Waals surface area contributed by atoms with Gasteiger partial charge in [0.25, 0.3) is 5.88 Å². The first-order chi connectivity index (χ1) is 13.0. The second-order valence-corrected chi connectivity index (χ2v) is 6.34. The Morgan fingerprint density at radius 2 is 1.89 bits per heavy atom. The molecular weight excluding hydrogens is 345 g/mol. The number of rotatable bonds is 9. The van der Waals surface area contributed by atoms with Gasteiger partial charge in [-0.2, -0.15) is 0 Å². The largest absolute Gasteiger partial charge is 0.462 e. The number of esters is 1. The molecular formula is C22H26FNO3. The van der Waals surface area contributed by atoms with Crippen molar-refractivity contribution in [1.29, 1.82) is 0 Å². The van der Waals surface area contributed by atoms with Crippen molar-refractivity contribution in [2.24, 2.45) is 0 Å². The molecule has 1 heterocycles. The standard InChI is InChI=1S/C22H26FNO3/c1-5-13-22(6-2,7-3)17-9-11-18(12-10-17)27-20-19(23)14-16(15-24-20)21(25)26-8-4/h5,9-12,14-15H,1,6-8,13H2,2-4H3. The van der Waals surface area contributed by atoms with Crippen molar-refractivity contribution in [2.45, 2.75) is 45.4 Å². The highest BCUT2D eigenvalue weighted by molar-refractivity contribution is 5.89. The van der Waals surface area contributed by atoms with Crippen LogP contribution in [0.25, 0.3) is 0 Å². The maximum absolute atomic E-state index is 14.2. The van der Waals surface area contributed by atoms with Gasteiger partial charge in [-0.3, -0.25) is 0 Å². The van der Waals surface area contributed by atoms with E-state index in [-0.39, 0.29) is 23.5 Å². The molecule has 0 atom stereocenters. The Hall–Kier alpha value is -2.69. The molecule has 27 heavy (non-hydrogen) atoms. The number of pyridine rings is 1. The second-order valence-electron chi connectivity index (χ2n) is 6.34. The molecule has 5 heteroatoms. The van der Waals surface area contributed by atoms with Crippen LogP contribution in [0.3, 0.4) is 0 Å². The Bertz CT molecular complexity index is 783. The van der Waals surface area contributed by atoms with E-state index in [0.29, 0.717) is 5.75 Å². The molecule has 4 nitrogen and oxygen atoms in total. The first-order valence-corrected chi connectivity index (χ1v) is 9.21. The normalized spacial score (nSPS) is 11.1. The zero-order valence-electron chi connectivity index (χ0n) is 16.1. The molecule has 0 spiro atoms. The molecule has 0 aliphatic carbocycles. The maximum atomic E-state index is 14.2. The Balaban J connectivity index is 2.19. The molecule has 0 fully saturated rings. The topological polar surface area (TPSA) is 48.4 Å². The van der Waals surface area contributed by atoms with Gasteiger partial charge in [0, 0.05) is 6.20 Å². The summed E-state index contributed by atoms with van der Waals surface area (Å²) in [6.45, 7) is 10.1. The summed E-state index contributed by atoms with van der Waals surface area (Å²) in [6, 6.07) is 8.67. The number of ether oxygens (including phenoxy) is 2. The van der Waals surface area contributed by atoms with E-state index in [1.54, 1.807) is 19.1 Å². The number of hydrogen-bond donors (Lipinski definition) is 0. The molecule has 0 bridgehead atoms. The monoisotopic (exact) mass is 371 g/mol. The number of hydrogen-bond acceptors (Lipinski definition) is 4. The summed E-state index contributed by atoms with van der Waals surface area (Å²) in [5.74, 6) is -1.03. The third kappa shape index (κ3) is 4.73. The summed E-state index contributed by atoms with van der Waals surface area (Å²) < 4.78 is 24.6. The molecule has 0 radical (unpaired) electrons. The van der Waals surface area contributed by atoms with Crippen LogP contribution in [0.1, 0.15) is 56.0 Å². The molecule has 0 unspecified atom stereocenters. The molecule has 0 saturated carbocycles. The van der Waals surface area contributed by atoms with Crippen LogP contribution in [-0.4, -0.2) is 17.6 Å². The molecule has 0 aliphatic rings. The fourth-order valence-corrected chi connectivity index (χ4v) is 3.16. The van der Waals surface area contributed by atoms with Gasteiger partial charge in [-0.15, -0.1) is 6.58 Å². The van der Waals surface area contributed by atoms with Crippen molar-refractivity contribution in [1.82, 2.24) is 4.98 Å². The summed E-state index contributed by atoms with van der Waals surface area (Å²) in [7, 11) is 0. The van der Waals surface area contributed by atoms with E-state index < -0.39 is 11.8 Å². The molecule has 2 rings (SSSR count). The quantitative estimate of drug-likeness (QED) is 0.411. The zero-order chi connectivity index (χ0) is 19.9. The van der Waals surface area contributed by atoms with Crippen LogP contribution < -0.4 is 4.74 Å². The van der Waals surface area contributed by atoms with Crippen molar-refractivity contribution in [2.75, 3.05) is 6.61 Å². The molecule has 1 aromatic heterocycles. The maximum Gasteiger partial charge on any atom is 0.339 e. The van der Waals surface area contributed by atoms with Crippen LogP contribution in [0.15, 0.2) is 49.2 Å². The smallest absolute Gasteiger partial charge is 0.339 e. The predicted molar refractivity (Wildman–Crippen MR) is 104 cm³/mol. The summed E-state index contributed by atoms with van der Waals surface area (Å²) >= 11 is 0. The highest BCUT2D eigenvalue weighted by Crippen LogP contribution is 2.36. The third-order valence-corrected chi connectivity index (χ3v) is 4.89. The van der Waals surface area contributed by atoms with Crippen LogP contribution in [0, 0.1) is 5.82 Å². The van der Waals surface area contributed by atoms with Gasteiger partial charge in [-0.1, -0.05) is 32.1 Å². The van der Waals surface area contributed by atoms with E-state index in [2.05, 4.69) is 25.4 Å². The molecule has 144 valence electrons. The van der Waals surface area contributed by atoms with Crippen molar-refractivity contribution in [3.8, 4) is 11.6 Å². The number of halogens is 1. The predicted octanol–water partition coefficient (Wildman–Crippen LogP) is 5.82. The van der Waals surface area contributed by atoms with E-state index in [1.807, 2.05) is 18.2 Å². The average Bonchev–Trinajstić information content (AvgIpc) is 2.68. The summed E-state index contributed by atoms with van der Waals surface area (Å²) in [5, 5.41) is 0. The fraction of sp³-hybridized carbons (Fsp3) is 0.364. The molecule has 2 aromatic rings.